The highest BCUT2D eigenvalue weighted by atomic mass is 35.5. The summed E-state index contributed by atoms with van der Waals surface area (Å²) >= 11 is 5.87. The van der Waals surface area contributed by atoms with Crippen LogP contribution in [0.1, 0.15) is 19.4 Å². The van der Waals surface area contributed by atoms with Gasteiger partial charge in [0.05, 0.1) is 0 Å². The van der Waals surface area contributed by atoms with Crippen LogP contribution in [0.25, 0.3) is 0 Å². The van der Waals surface area contributed by atoms with E-state index in [0.717, 1.165) is 17.7 Å². The van der Waals surface area contributed by atoms with Crippen LogP contribution in [0.5, 0.6) is 5.75 Å². The molecule has 0 radical (unpaired) electrons. The van der Waals surface area contributed by atoms with Crippen LogP contribution >= 0.6 is 11.6 Å². The predicted molar refractivity (Wildman–Crippen MR) is 99.6 cm³/mol. The SMILES string of the molecule is C[C@@H](OC(=O)COc1cccc(Cl)c1)C(=O)N1c2ccccc2C[C@@H]1C. The third kappa shape index (κ3) is 3.99. The number of carbonyl (C=O) groups excluding carboxylic acids is 2. The van der Waals surface area contributed by atoms with E-state index in [0.29, 0.717) is 10.8 Å². The topological polar surface area (TPSA) is 55.8 Å². The van der Waals surface area contributed by atoms with Crippen molar-refractivity contribution in [3.05, 3.63) is 59.1 Å². The molecule has 1 aliphatic heterocycles. The fourth-order valence-corrected chi connectivity index (χ4v) is 3.26. The fraction of sp³-hybridized carbons (Fsp3) is 0.300. The molecule has 0 aromatic heterocycles. The summed E-state index contributed by atoms with van der Waals surface area (Å²) in [5.74, 6) is -0.375. The van der Waals surface area contributed by atoms with Gasteiger partial charge in [0, 0.05) is 16.8 Å². The molecular formula is C20H20ClNO4. The van der Waals surface area contributed by atoms with Gasteiger partial charge >= 0.3 is 5.97 Å². The van der Waals surface area contributed by atoms with Crippen molar-refractivity contribution < 1.29 is 19.1 Å². The molecule has 0 bridgehead atoms. The highest BCUT2D eigenvalue weighted by molar-refractivity contribution is 6.30. The first-order chi connectivity index (χ1) is 12.5. The lowest BCUT2D eigenvalue weighted by Crippen LogP contribution is -2.43. The van der Waals surface area contributed by atoms with E-state index in [2.05, 4.69) is 0 Å². The van der Waals surface area contributed by atoms with Crippen LogP contribution in [0.4, 0.5) is 5.69 Å². The smallest absolute Gasteiger partial charge is 0.344 e. The van der Waals surface area contributed by atoms with Gasteiger partial charge in [0.15, 0.2) is 12.7 Å². The number of hydrogen-bond donors (Lipinski definition) is 0. The standard InChI is InChI=1S/C20H20ClNO4/c1-13-10-15-6-3-4-9-18(15)22(13)20(24)14(2)26-19(23)12-25-17-8-5-7-16(21)11-17/h3-9,11,13-14H,10,12H2,1-2H3/t13-,14+/m0/s1. The van der Waals surface area contributed by atoms with E-state index in [1.165, 1.54) is 0 Å². The molecule has 1 heterocycles. The van der Waals surface area contributed by atoms with Crippen LogP contribution in [0.3, 0.4) is 0 Å². The van der Waals surface area contributed by atoms with Gasteiger partial charge < -0.3 is 14.4 Å². The third-order valence-corrected chi connectivity index (χ3v) is 4.49. The molecule has 6 heteroatoms. The van der Waals surface area contributed by atoms with Gasteiger partial charge in [0.2, 0.25) is 0 Å². The van der Waals surface area contributed by atoms with E-state index in [1.807, 2.05) is 31.2 Å². The molecule has 3 rings (SSSR count). The lowest BCUT2D eigenvalue weighted by molar-refractivity contribution is -0.155. The summed E-state index contributed by atoms with van der Waals surface area (Å²) in [6, 6.07) is 14.5. The van der Waals surface area contributed by atoms with Crippen LogP contribution < -0.4 is 9.64 Å². The minimum absolute atomic E-state index is 0.0313. The largest absolute Gasteiger partial charge is 0.482 e. The minimum atomic E-state index is -0.890. The van der Waals surface area contributed by atoms with E-state index in [4.69, 9.17) is 21.1 Å². The highest BCUT2D eigenvalue weighted by Gasteiger charge is 2.34. The van der Waals surface area contributed by atoms with Gasteiger partial charge in [0.1, 0.15) is 5.75 Å². The predicted octanol–water partition coefficient (Wildman–Crippen LogP) is 3.63. The summed E-state index contributed by atoms with van der Waals surface area (Å²) in [5.41, 5.74) is 2.00. The number of hydrogen-bond acceptors (Lipinski definition) is 4. The normalized spacial score (nSPS) is 16.7. The average Bonchev–Trinajstić information content (AvgIpc) is 2.95. The van der Waals surface area contributed by atoms with Gasteiger partial charge in [0.25, 0.3) is 5.91 Å². The maximum atomic E-state index is 12.8. The molecule has 0 unspecified atom stereocenters. The lowest BCUT2D eigenvalue weighted by atomic mass is 10.1. The van der Waals surface area contributed by atoms with E-state index < -0.39 is 12.1 Å². The van der Waals surface area contributed by atoms with Gasteiger partial charge in [-0.05, 0) is 50.1 Å². The molecule has 136 valence electrons. The van der Waals surface area contributed by atoms with Crippen molar-refractivity contribution in [3.8, 4) is 5.75 Å². The quantitative estimate of drug-likeness (QED) is 0.751. The van der Waals surface area contributed by atoms with E-state index in [-0.39, 0.29) is 18.6 Å². The van der Waals surface area contributed by atoms with E-state index in [1.54, 1.807) is 36.1 Å². The average molecular weight is 374 g/mol. The Balaban J connectivity index is 1.58. The van der Waals surface area contributed by atoms with Crippen LogP contribution in [0.2, 0.25) is 5.02 Å². The zero-order valence-electron chi connectivity index (χ0n) is 14.6. The first-order valence-corrected chi connectivity index (χ1v) is 8.82. The van der Waals surface area contributed by atoms with E-state index in [9.17, 15) is 9.59 Å². The lowest BCUT2D eigenvalue weighted by Gasteiger charge is -2.25. The number of para-hydroxylation sites is 1. The molecular weight excluding hydrogens is 354 g/mol. The monoisotopic (exact) mass is 373 g/mol. The summed E-state index contributed by atoms with van der Waals surface area (Å²) in [4.78, 5) is 26.5. The number of amides is 1. The molecule has 0 N–H and O–H groups in total. The number of nitrogens with zero attached hydrogens (tertiary/aromatic N) is 1. The zero-order valence-corrected chi connectivity index (χ0v) is 15.4. The summed E-state index contributed by atoms with van der Waals surface area (Å²) in [6.07, 6.45) is -0.0976. The number of benzene rings is 2. The molecule has 2 aromatic rings. The summed E-state index contributed by atoms with van der Waals surface area (Å²) in [5, 5.41) is 0.515. The second-order valence-electron chi connectivity index (χ2n) is 6.27. The summed E-state index contributed by atoms with van der Waals surface area (Å²) in [7, 11) is 0. The summed E-state index contributed by atoms with van der Waals surface area (Å²) < 4.78 is 10.6. The Kier molecular flexibility index (Phi) is 5.47. The number of anilines is 1. The first kappa shape index (κ1) is 18.3. The van der Waals surface area contributed by atoms with Gasteiger partial charge in [-0.3, -0.25) is 4.79 Å². The molecule has 1 amide bonds. The Bertz CT molecular complexity index is 823. The Labute approximate surface area is 157 Å². The molecule has 0 spiro atoms. The van der Waals surface area contributed by atoms with Crippen molar-refractivity contribution in [1.82, 2.24) is 0 Å². The molecule has 0 aliphatic carbocycles. The van der Waals surface area contributed by atoms with Crippen molar-refractivity contribution in [2.24, 2.45) is 0 Å². The highest BCUT2D eigenvalue weighted by Crippen LogP contribution is 2.32. The van der Waals surface area contributed by atoms with Crippen LogP contribution in [-0.4, -0.2) is 30.6 Å². The first-order valence-electron chi connectivity index (χ1n) is 8.44. The van der Waals surface area contributed by atoms with Crippen molar-refractivity contribution in [3.63, 3.8) is 0 Å². The summed E-state index contributed by atoms with van der Waals surface area (Å²) in [6.45, 7) is 3.27. The number of esters is 1. The minimum Gasteiger partial charge on any atom is -0.482 e. The second-order valence-corrected chi connectivity index (χ2v) is 6.70. The number of halogens is 1. The van der Waals surface area contributed by atoms with Crippen LogP contribution in [0, 0.1) is 0 Å². The van der Waals surface area contributed by atoms with Gasteiger partial charge in [-0.25, -0.2) is 4.79 Å². The van der Waals surface area contributed by atoms with Crippen molar-refractivity contribution >= 4 is 29.2 Å². The van der Waals surface area contributed by atoms with Crippen LogP contribution in [0.15, 0.2) is 48.5 Å². The van der Waals surface area contributed by atoms with Crippen LogP contribution in [-0.2, 0) is 20.7 Å². The van der Waals surface area contributed by atoms with Gasteiger partial charge in [-0.15, -0.1) is 0 Å². The maximum absolute atomic E-state index is 12.8. The van der Waals surface area contributed by atoms with E-state index >= 15 is 0 Å². The van der Waals surface area contributed by atoms with Crippen molar-refractivity contribution in [2.45, 2.75) is 32.4 Å². The number of rotatable bonds is 5. The molecule has 2 aromatic carbocycles. The molecule has 0 saturated carbocycles. The Morgan fingerprint density at radius 1 is 1.23 bits per heavy atom. The van der Waals surface area contributed by atoms with Crippen molar-refractivity contribution in [1.29, 1.82) is 0 Å². The Hall–Kier alpha value is -2.53. The second kappa shape index (κ2) is 7.79. The van der Waals surface area contributed by atoms with Gasteiger partial charge in [-0.2, -0.15) is 0 Å². The third-order valence-electron chi connectivity index (χ3n) is 4.25. The molecule has 26 heavy (non-hydrogen) atoms. The Morgan fingerprint density at radius 3 is 2.77 bits per heavy atom. The zero-order chi connectivity index (χ0) is 18.7. The molecule has 1 aliphatic rings. The number of carbonyl (C=O) groups is 2. The molecule has 2 atom stereocenters. The molecule has 5 nitrogen and oxygen atoms in total. The molecule has 0 fully saturated rings. The fourth-order valence-electron chi connectivity index (χ4n) is 3.08. The number of fused-ring (bicyclic) bond motifs is 1. The number of ether oxygens (including phenoxy) is 2. The Morgan fingerprint density at radius 2 is 2.00 bits per heavy atom. The van der Waals surface area contributed by atoms with Crippen molar-refractivity contribution in [2.75, 3.05) is 11.5 Å². The molecule has 0 saturated heterocycles. The maximum Gasteiger partial charge on any atom is 0.344 e. The van der Waals surface area contributed by atoms with Gasteiger partial charge in [-0.1, -0.05) is 35.9 Å².